The number of rotatable bonds is 9. The van der Waals surface area contributed by atoms with Crippen LogP contribution in [0.5, 0.6) is 0 Å². The SMILES string of the molecule is CC(C)NC(=O)CN1CCN(C(=O)c2ccc(Nc3nccc(-c4ccc(S(=O)(=O)C5CCOCC5)cc4)n3)cc2)CC1. The van der Waals surface area contributed by atoms with Crippen molar-refractivity contribution in [2.45, 2.75) is 42.9 Å². The van der Waals surface area contributed by atoms with Crippen molar-refractivity contribution in [3.8, 4) is 11.3 Å². The molecule has 2 aliphatic rings. The minimum absolute atomic E-state index is 0.00172. The highest BCUT2D eigenvalue weighted by Crippen LogP contribution is 2.26. The number of benzene rings is 2. The molecule has 0 bridgehead atoms. The summed E-state index contributed by atoms with van der Waals surface area (Å²) in [5.74, 6) is 0.341. The molecular weight excluding hydrogens is 568 g/mol. The molecule has 2 N–H and O–H groups in total. The molecule has 2 fully saturated rings. The van der Waals surface area contributed by atoms with Crippen molar-refractivity contribution in [1.29, 1.82) is 0 Å². The second kappa shape index (κ2) is 13.6. The average Bonchev–Trinajstić information content (AvgIpc) is 3.02. The number of carbonyl (C=O) groups is 2. The molecule has 0 atom stereocenters. The van der Waals surface area contributed by atoms with E-state index in [4.69, 9.17) is 4.74 Å². The van der Waals surface area contributed by atoms with Crippen molar-refractivity contribution in [2.24, 2.45) is 0 Å². The molecule has 12 heteroatoms. The Balaban J connectivity index is 1.17. The Morgan fingerprint density at radius 2 is 1.63 bits per heavy atom. The number of amides is 2. The molecule has 0 saturated carbocycles. The van der Waals surface area contributed by atoms with E-state index in [0.29, 0.717) is 80.9 Å². The summed E-state index contributed by atoms with van der Waals surface area (Å²) in [5, 5.41) is 5.66. The summed E-state index contributed by atoms with van der Waals surface area (Å²) in [7, 11) is -3.41. The van der Waals surface area contributed by atoms with Crippen LogP contribution < -0.4 is 10.6 Å². The summed E-state index contributed by atoms with van der Waals surface area (Å²) in [6, 6.07) is 15.8. The number of ether oxygens (including phenoxy) is 1. The first kappa shape index (κ1) is 30.6. The first-order chi connectivity index (χ1) is 20.7. The summed E-state index contributed by atoms with van der Waals surface area (Å²) in [6.45, 7) is 7.59. The summed E-state index contributed by atoms with van der Waals surface area (Å²) in [5.41, 5.74) is 2.74. The minimum atomic E-state index is -3.41. The van der Waals surface area contributed by atoms with Gasteiger partial charge in [0.15, 0.2) is 9.84 Å². The van der Waals surface area contributed by atoms with E-state index in [1.807, 2.05) is 30.9 Å². The van der Waals surface area contributed by atoms with Crippen LogP contribution >= 0.6 is 0 Å². The number of aromatic nitrogens is 2. The summed E-state index contributed by atoms with van der Waals surface area (Å²) >= 11 is 0. The summed E-state index contributed by atoms with van der Waals surface area (Å²) in [4.78, 5) is 38.2. The maximum Gasteiger partial charge on any atom is 0.253 e. The first-order valence-electron chi connectivity index (χ1n) is 14.6. The topological polar surface area (TPSA) is 134 Å². The third-order valence-corrected chi connectivity index (χ3v) is 9.88. The lowest BCUT2D eigenvalue weighted by atomic mass is 10.1. The zero-order chi connectivity index (χ0) is 30.4. The fraction of sp³-hybridized carbons (Fsp3) is 0.419. The first-order valence-corrected chi connectivity index (χ1v) is 16.2. The number of nitrogens with zero attached hydrogens (tertiary/aromatic N) is 4. The van der Waals surface area contributed by atoms with E-state index in [9.17, 15) is 18.0 Å². The van der Waals surface area contributed by atoms with Crippen LogP contribution in [0.1, 0.15) is 37.0 Å². The third-order valence-electron chi connectivity index (χ3n) is 7.61. The van der Waals surface area contributed by atoms with Crippen molar-refractivity contribution in [2.75, 3.05) is 51.3 Å². The molecular formula is C31H38N6O5S. The van der Waals surface area contributed by atoms with Crippen LogP contribution in [0.2, 0.25) is 0 Å². The molecule has 1 aromatic heterocycles. The van der Waals surface area contributed by atoms with Crippen molar-refractivity contribution in [3.63, 3.8) is 0 Å². The molecule has 11 nitrogen and oxygen atoms in total. The Morgan fingerprint density at radius 3 is 2.28 bits per heavy atom. The van der Waals surface area contributed by atoms with E-state index in [0.717, 1.165) is 11.3 Å². The fourth-order valence-electron chi connectivity index (χ4n) is 5.26. The zero-order valence-corrected chi connectivity index (χ0v) is 25.3. The van der Waals surface area contributed by atoms with E-state index < -0.39 is 15.1 Å². The Kier molecular flexibility index (Phi) is 9.69. The van der Waals surface area contributed by atoms with E-state index in [-0.39, 0.29) is 17.9 Å². The lowest BCUT2D eigenvalue weighted by Crippen LogP contribution is -2.51. The molecule has 0 spiro atoms. The highest BCUT2D eigenvalue weighted by molar-refractivity contribution is 7.92. The Labute approximate surface area is 252 Å². The number of carbonyl (C=O) groups excluding carboxylic acids is 2. The van der Waals surface area contributed by atoms with Crippen LogP contribution in [-0.4, -0.2) is 97.2 Å². The highest BCUT2D eigenvalue weighted by atomic mass is 32.2. The second-order valence-corrected chi connectivity index (χ2v) is 13.4. The Hall–Kier alpha value is -3.87. The summed E-state index contributed by atoms with van der Waals surface area (Å²) < 4.78 is 31.3. The van der Waals surface area contributed by atoms with Crippen molar-refractivity contribution >= 4 is 33.3 Å². The van der Waals surface area contributed by atoms with Gasteiger partial charge in [0.1, 0.15) is 0 Å². The molecule has 2 saturated heterocycles. The van der Waals surface area contributed by atoms with Gasteiger partial charge >= 0.3 is 0 Å². The molecule has 2 aliphatic heterocycles. The van der Waals surface area contributed by atoms with Gasteiger partial charge in [0.25, 0.3) is 5.91 Å². The predicted molar refractivity (Wildman–Crippen MR) is 164 cm³/mol. The van der Waals surface area contributed by atoms with Crippen LogP contribution in [0.4, 0.5) is 11.6 Å². The number of hydrogen-bond donors (Lipinski definition) is 2. The molecule has 0 radical (unpaired) electrons. The number of nitrogens with one attached hydrogen (secondary N) is 2. The Morgan fingerprint density at radius 1 is 0.953 bits per heavy atom. The Bertz CT molecular complexity index is 1510. The maximum atomic E-state index is 13.1. The van der Waals surface area contributed by atoms with E-state index in [1.54, 1.807) is 48.7 Å². The number of hydrogen-bond acceptors (Lipinski definition) is 9. The molecule has 2 amide bonds. The normalized spacial score (nSPS) is 16.7. The lowest BCUT2D eigenvalue weighted by Gasteiger charge is -2.34. The van der Waals surface area contributed by atoms with Crippen LogP contribution in [-0.2, 0) is 19.4 Å². The predicted octanol–water partition coefficient (Wildman–Crippen LogP) is 3.12. The maximum absolute atomic E-state index is 13.1. The lowest BCUT2D eigenvalue weighted by molar-refractivity contribution is -0.123. The van der Waals surface area contributed by atoms with Gasteiger partial charge in [0, 0.05) is 68.4 Å². The van der Waals surface area contributed by atoms with E-state index in [1.165, 1.54) is 0 Å². The van der Waals surface area contributed by atoms with Gasteiger partial charge in [-0.05, 0) is 69.2 Å². The molecule has 2 aromatic carbocycles. The quantitative estimate of drug-likeness (QED) is 0.377. The molecule has 5 rings (SSSR count). The number of sulfone groups is 1. The third kappa shape index (κ3) is 7.75. The van der Waals surface area contributed by atoms with Crippen LogP contribution in [0, 0.1) is 0 Å². The highest BCUT2D eigenvalue weighted by Gasteiger charge is 2.29. The standard InChI is InChI=1S/C31H38N6O5S/c1-22(2)33-29(38)21-36-15-17-37(18-16-36)30(39)24-3-7-25(8-4-24)34-31-32-14-11-28(35-31)23-5-9-26(10-6-23)43(40,41)27-12-19-42-20-13-27/h3-11,14,22,27H,12-13,15-21H2,1-2H3,(H,33,38)(H,32,34,35). The smallest absolute Gasteiger partial charge is 0.253 e. The van der Waals surface area contributed by atoms with Gasteiger partial charge in [-0.25, -0.2) is 18.4 Å². The minimum Gasteiger partial charge on any atom is -0.381 e. The van der Waals surface area contributed by atoms with Crippen molar-refractivity contribution < 1.29 is 22.7 Å². The number of piperazine rings is 1. The van der Waals surface area contributed by atoms with Crippen molar-refractivity contribution in [3.05, 3.63) is 66.4 Å². The largest absolute Gasteiger partial charge is 0.381 e. The van der Waals surface area contributed by atoms with E-state index in [2.05, 4.69) is 25.5 Å². The molecule has 43 heavy (non-hydrogen) atoms. The van der Waals surface area contributed by atoms with Crippen LogP contribution in [0.3, 0.4) is 0 Å². The summed E-state index contributed by atoms with van der Waals surface area (Å²) in [6.07, 6.45) is 2.66. The van der Waals surface area contributed by atoms with Gasteiger partial charge in [-0.15, -0.1) is 0 Å². The van der Waals surface area contributed by atoms with Gasteiger partial charge in [-0.3, -0.25) is 14.5 Å². The van der Waals surface area contributed by atoms with Crippen molar-refractivity contribution in [1.82, 2.24) is 25.1 Å². The molecule has 0 unspecified atom stereocenters. The van der Waals surface area contributed by atoms with Crippen LogP contribution in [0.25, 0.3) is 11.3 Å². The van der Waals surface area contributed by atoms with Gasteiger partial charge in [0.2, 0.25) is 11.9 Å². The zero-order valence-electron chi connectivity index (χ0n) is 24.5. The molecule has 0 aliphatic carbocycles. The van der Waals surface area contributed by atoms with Crippen LogP contribution in [0.15, 0.2) is 65.7 Å². The molecule has 3 aromatic rings. The fourth-order valence-corrected chi connectivity index (χ4v) is 6.97. The van der Waals surface area contributed by atoms with Gasteiger partial charge < -0.3 is 20.3 Å². The molecule has 228 valence electrons. The number of anilines is 2. The second-order valence-electron chi connectivity index (χ2n) is 11.1. The van der Waals surface area contributed by atoms with Gasteiger partial charge in [-0.2, -0.15) is 0 Å². The average molecular weight is 607 g/mol. The van der Waals surface area contributed by atoms with E-state index >= 15 is 0 Å². The molecule has 3 heterocycles. The van der Waals surface area contributed by atoms with Gasteiger partial charge in [-0.1, -0.05) is 12.1 Å². The monoisotopic (exact) mass is 606 g/mol. The van der Waals surface area contributed by atoms with Gasteiger partial charge in [0.05, 0.1) is 22.4 Å².